The molecule has 1 fully saturated rings. The molecule has 9 nitrogen and oxygen atoms in total. The highest BCUT2D eigenvalue weighted by molar-refractivity contribution is 7.98. The number of hydrogen-bond acceptors (Lipinski definition) is 8. The zero-order chi connectivity index (χ0) is 20.5. The van der Waals surface area contributed by atoms with Gasteiger partial charge in [0.1, 0.15) is 5.82 Å². The minimum Gasteiger partial charge on any atom is -0.368 e. The summed E-state index contributed by atoms with van der Waals surface area (Å²) in [6.07, 6.45) is 6.87. The number of aromatic amines is 1. The Labute approximate surface area is 180 Å². The molecule has 0 radical (unpaired) electrons. The lowest BCUT2D eigenvalue weighted by molar-refractivity contribution is 0.330. The van der Waals surface area contributed by atoms with Crippen LogP contribution in [0.4, 0.5) is 5.95 Å². The second kappa shape index (κ2) is 8.23. The van der Waals surface area contributed by atoms with Crippen molar-refractivity contribution in [2.24, 2.45) is 0 Å². The molecule has 5 rings (SSSR count). The second-order valence-corrected chi connectivity index (χ2v) is 9.41. The Morgan fingerprint density at radius 2 is 2.10 bits per heavy atom. The van der Waals surface area contributed by atoms with E-state index in [4.69, 9.17) is 5.73 Å². The third-order valence-electron chi connectivity index (χ3n) is 5.34. The van der Waals surface area contributed by atoms with E-state index in [1.54, 1.807) is 23.1 Å². The number of rotatable bonds is 6. The molecule has 0 aliphatic heterocycles. The van der Waals surface area contributed by atoms with Gasteiger partial charge in [0.2, 0.25) is 5.95 Å². The monoisotopic (exact) mass is 442 g/mol. The van der Waals surface area contributed by atoms with Crippen molar-refractivity contribution in [2.75, 3.05) is 5.73 Å². The molecular formula is C19H22N8OS2. The Balaban J connectivity index is 1.42. The quantitative estimate of drug-likeness (QED) is 0.440. The number of nitrogen functional groups attached to an aromatic ring is 1. The first-order valence-electron chi connectivity index (χ1n) is 10.0. The van der Waals surface area contributed by atoms with Crippen LogP contribution in [0, 0.1) is 0 Å². The maximum Gasteiger partial charge on any atom is 0.274 e. The van der Waals surface area contributed by atoms with Crippen LogP contribution in [0.25, 0.3) is 5.78 Å². The van der Waals surface area contributed by atoms with E-state index in [0.29, 0.717) is 17.5 Å². The number of fused-ring (bicyclic) bond motifs is 1. The highest BCUT2D eigenvalue weighted by Gasteiger charge is 2.23. The highest BCUT2D eigenvalue weighted by atomic mass is 32.2. The second-order valence-electron chi connectivity index (χ2n) is 7.44. The van der Waals surface area contributed by atoms with Crippen LogP contribution in [0.5, 0.6) is 0 Å². The van der Waals surface area contributed by atoms with Crippen LogP contribution >= 0.6 is 23.1 Å². The van der Waals surface area contributed by atoms with Gasteiger partial charge < -0.3 is 10.3 Å². The van der Waals surface area contributed by atoms with Crippen molar-refractivity contribution in [2.45, 2.75) is 55.5 Å². The molecule has 4 aromatic heterocycles. The number of H-pyrrole nitrogens is 1. The largest absolute Gasteiger partial charge is 0.368 e. The van der Waals surface area contributed by atoms with E-state index >= 15 is 0 Å². The molecule has 0 amide bonds. The molecule has 11 heteroatoms. The van der Waals surface area contributed by atoms with E-state index in [9.17, 15) is 4.79 Å². The van der Waals surface area contributed by atoms with Crippen LogP contribution in [0.1, 0.15) is 54.5 Å². The Kier molecular flexibility index (Phi) is 5.30. The summed E-state index contributed by atoms with van der Waals surface area (Å²) in [6.45, 7) is 0. The normalized spacial score (nSPS) is 15.2. The number of aromatic nitrogens is 7. The molecule has 30 heavy (non-hydrogen) atoms. The number of nitrogens with two attached hydrogens (primary N) is 1. The lowest BCUT2D eigenvalue weighted by Crippen LogP contribution is -2.17. The summed E-state index contributed by atoms with van der Waals surface area (Å²) in [4.78, 5) is 22.1. The fraction of sp³-hybridized carbons (Fsp3) is 0.421. The summed E-state index contributed by atoms with van der Waals surface area (Å²) in [7, 11) is 0. The third-order valence-corrected chi connectivity index (χ3v) is 7.19. The molecule has 0 bridgehead atoms. The Morgan fingerprint density at radius 3 is 2.90 bits per heavy atom. The van der Waals surface area contributed by atoms with Gasteiger partial charge in [-0.05, 0) is 24.3 Å². The average Bonchev–Trinajstić information content (AvgIpc) is 3.47. The van der Waals surface area contributed by atoms with Crippen LogP contribution < -0.4 is 11.3 Å². The molecule has 1 aliphatic rings. The maximum absolute atomic E-state index is 12.3. The van der Waals surface area contributed by atoms with Gasteiger partial charge in [0, 0.05) is 29.2 Å². The summed E-state index contributed by atoms with van der Waals surface area (Å²) in [5, 5.41) is 14.7. The molecule has 0 unspecified atom stereocenters. The SMILES string of the molecule is Nc1nc2nc(CSc3nnc(Cc4cccs4)n3C3CCCCC3)cc(=O)n2[nH]1. The summed E-state index contributed by atoms with van der Waals surface area (Å²) >= 11 is 3.31. The number of nitrogens with zero attached hydrogens (tertiary/aromatic N) is 6. The summed E-state index contributed by atoms with van der Waals surface area (Å²) in [6, 6.07) is 6.14. The molecule has 4 aromatic rings. The van der Waals surface area contributed by atoms with Gasteiger partial charge in [-0.3, -0.25) is 9.89 Å². The molecule has 1 saturated carbocycles. The number of thioether (sulfide) groups is 1. The summed E-state index contributed by atoms with van der Waals surface area (Å²) in [5.74, 6) is 1.97. The lowest BCUT2D eigenvalue weighted by atomic mass is 9.95. The van der Waals surface area contributed by atoms with E-state index in [1.165, 1.54) is 34.7 Å². The molecular weight excluding hydrogens is 420 g/mol. The Morgan fingerprint density at radius 1 is 1.23 bits per heavy atom. The van der Waals surface area contributed by atoms with Gasteiger partial charge in [0.05, 0.1) is 5.69 Å². The van der Waals surface area contributed by atoms with Crippen LogP contribution in [0.3, 0.4) is 0 Å². The van der Waals surface area contributed by atoms with Crippen molar-refractivity contribution in [3.8, 4) is 0 Å². The molecule has 0 atom stereocenters. The fourth-order valence-corrected chi connectivity index (χ4v) is 5.58. The highest BCUT2D eigenvalue weighted by Crippen LogP contribution is 2.34. The molecule has 4 heterocycles. The molecule has 156 valence electrons. The van der Waals surface area contributed by atoms with Gasteiger partial charge in [-0.2, -0.15) is 9.50 Å². The predicted molar refractivity (Wildman–Crippen MR) is 117 cm³/mol. The standard InChI is InChI=1S/C19H22N8OS2/c20-17-22-18-21-12(9-16(28)27(18)25-17)11-30-19-24-23-15(10-14-7-4-8-29-14)26(19)13-5-2-1-3-6-13/h4,7-9,13H,1-3,5-6,10-11H2,(H3,20,21,22,25). The lowest BCUT2D eigenvalue weighted by Gasteiger charge is -2.25. The van der Waals surface area contributed by atoms with E-state index < -0.39 is 0 Å². The van der Waals surface area contributed by atoms with Crippen molar-refractivity contribution in [3.63, 3.8) is 0 Å². The molecule has 3 N–H and O–H groups in total. The van der Waals surface area contributed by atoms with E-state index in [2.05, 4.69) is 47.3 Å². The van der Waals surface area contributed by atoms with Crippen molar-refractivity contribution in [3.05, 3.63) is 50.3 Å². The maximum atomic E-state index is 12.3. The average molecular weight is 443 g/mol. The first kappa shape index (κ1) is 19.3. The summed E-state index contributed by atoms with van der Waals surface area (Å²) in [5.41, 5.74) is 6.06. The van der Waals surface area contributed by atoms with Crippen molar-refractivity contribution in [1.82, 2.24) is 34.3 Å². The van der Waals surface area contributed by atoms with Gasteiger partial charge in [-0.1, -0.05) is 37.1 Å². The zero-order valence-corrected chi connectivity index (χ0v) is 18.0. The van der Waals surface area contributed by atoms with Crippen molar-refractivity contribution >= 4 is 34.8 Å². The molecule has 0 spiro atoms. The first-order valence-corrected chi connectivity index (χ1v) is 11.9. The van der Waals surface area contributed by atoms with Gasteiger partial charge in [0.15, 0.2) is 5.16 Å². The summed E-state index contributed by atoms with van der Waals surface area (Å²) < 4.78 is 3.56. The molecule has 0 aromatic carbocycles. The number of thiophene rings is 1. The van der Waals surface area contributed by atoms with Gasteiger partial charge in [-0.25, -0.2) is 4.98 Å². The Hall–Kier alpha value is -2.66. The van der Waals surface area contributed by atoms with E-state index in [0.717, 1.165) is 30.2 Å². The van der Waals surface area contributed by atoms with Crippen molar-refractivity contribution < 1.29 is 0 Å². The van der Waals surface area contributed by atoms with Gasteiger partial charge in [-0.15, -0.1) is 21.5 Å². The fourth-order valence-electron chi connectivity index (χ4n) is 3.96. The molecule has 0 saturated heterocycles. The van der Waals surface area contributed by atoms with Crippen molar-refractivity contribution in [1.29, 1.82) is 0 Å². The third kappa shape index (κ3) is 3.86. The number of hydrogen-bond donors (Lipinski definition) is 2. The first-order chi connectivity index (χ1) is 14.7. The van der Waals surface area contributed by atoms with Gasteiger partial charge >= 0.3 is 0 Å². The number of anilines is 1. The number of nitrogens with one attached hydrogen (secondary N) is 1. The van der Waals surface area contributed by atoms with Crippen LogP contribution in [-0.4, -0.2) is 34.3 Å². The minimum atomic E-state index is -0.230. The topological polar surface area (TPSA) is 120 Å². The molecule has 1 aliphatic carbocycles. The predicted octanol–water partition coefficient (Wildman–Crippen LogP) is 3.04. The zero-order valence-electron chi connectivity index (χ0n) is 16.3. The van der Waals surface area contributed by atoms with Gasteiger partial charge in [0.25, 0.3) is 11.3 Å². The van der Waals surface area contributed by atoms with E-state index in [-0.39, 0.29) is 17.3 Å². The minimum absolute atomic E-state index is 0.166. The van der Waals surface area contributed by atoms with E-state index in [1.807, 2.05) is 0 Å². The Bertz CT molecular complexity index is 1200. The van der Waals surface area contributed by atoms with Crippen LogP contribution in [0.2, 0.25) is 0 Å². The van der Waals surface area contributed by atoms with Crippen LogP contribution in [-0.2, 0) is 12.2 Å². The smallest absolute Gasteiger partial charge is 0.274 e. The van der Waals surface area contributed by atoms with Crippen LogP contribution in [0.15, 0.2) is 33.5 Å².